The van der Waals surface area contributed by atoms with Gasteiger partial charge in [-0.3, -0.25) is 14.8 Å². The van der Waals surface area contributed by atoms with Gasteiger partial charge in [-0.15, -0.1) is 24.0 Å². The van der Waals surface area contributed by atoms with E-state index in [9.17, 15) is 0 Å². The molecule has 26 heavy (non-hydrogen) atoms. The van der Waals surface area contributed by atoms with Crippen molar-refractivity contribution in [2.24, 2.45) is 4.99 Å². The van der Waals surface area contributed by atoms with E-state index in [0.717, 1.165) is 58.2 Å². The van der Waals surface area contributed by atoms with Crippen LogP contribution in [0.1, 0.15) is 41.0 Å². The molecule has 1 fully saturated rings. The van der Waals surface area contributed by atoms with Crippen molar-refractivity contribution in [2.75, 3.05) is 59.9 Å². The molecule has 1 aliphatic rings. The molecule has 0 aliphatic carbocycles. The maximum atomic E-state index is 4.82. The number of likely N-dealkylation sites (N-methyl/N-ethyl adjacent to an activating group) is 2. The van der Waals surface area contributed by atoms with Gasteiger partial charge in [0.2, 0.25) is 0 Å². The molecule has 0 aromatic rings. The van der Waals surface area contributed by atoms with Gasteiger partial charge in [-0.1, -0.05) is 0 Å². The van der Waals surface area contributed by atoms with Gasteiger partial charge in [0.25, 0.3) is 0 Å². The van der Waals surface area contributed by atoms with Crippen molar-refractivity contribution in [3.05, 3.63) is 0 Å². The highest BCUT2D eigenvalue weighted by Crippen LogP contribution is 2.06. The van der Waals surface area contributed by atoms with Crippen molar-refractivity contribution in [1.29, 1.82) is 0 Å². The highest BCUT2D eigenvalue weighted by Gasteiger charge is 2.21. The van der Waals surface area contributed by atoms with Crippen molar-refractivity contribution < 1.29 is 0 Å². The zero-order valence-electron chi connectivity index (χ0n) is 18.1. The van der Waals surface area contributed by atoms with E-state index in [0.29, 0.717) is 18.1 Å². The quantitative estimate of drug-likeness (QED) is 0.228. The number of aliphatic imine (C=N–C) groups is 1. The number of hydrogen-bond donors (Lipinski definition) is 2. The Morgan fingerprint density at radius 1 is 1.12 bits per heavy atom. The lowest BCUT2D eigenvalue weighted by Gasteiger charge is -2.36. The van der Waals surface area contributed by atoms with Gasteiger partial charge in [0.15, 0.2) is 5.96 Å². The Labute approximate surface area is 179 Å². The van der Waals surface area contributed by atoms with Crippen molar-refractivity contribution in [3.8, 4) is 0 Å². The molecule has 1 unspecified atom stereocenters. The van der Waals surface area contributed by atoms with Crippen molar-refractivity contribution in [1.82, 2.24) is 25.3 Å². The lowest BCUT2D eigenvalue weighted by molar-refractivity contribution is 0.119. The predicted molar refractivity (Wildman–Crippen MR) is 125 cm³/mol. The summed E-state index contributed by atoms with van der Waals surface area (Å²) in [7, 11) is 4.41. The Bertz CT molecular complexity index is 380. The second-order valence-electron chi connectivity index (χ2n) is 7.82. The van der Waals surface area contributed by atoms with Crippen molar-refractivity contribution >= 4 is 29.9 Å². The molecule has 7 heteroatoms. The van der Waals surface area contributed by atoms with E-state index in [1.54, 1.807) is 0 Å². The first-order valence-electron chi connectivity index (χ1n) is 10.0. The molecule has 0 spiro atoms. The van der Waals surface area contributed by atoms with E-state index >= 15 is 0 Å². The largest absolute Gasteiger partial charge is 0.357 e. The van der Waals surface area contributed by atoms with Crippen LogP contribution in [-0.2, 0) is 0 Å². The maximum absolute atomic E-state index is 4.82. The minimum atomic E-state index is 0. The van der Waals surface area contributed by atoms with E-state index in [-0.39, 0.29) is 24.0 Å². The van der Waals surface area contributed by atoms with Crippen LogP contribution >= 0.6 is 24.0 Å². The molecular formula is C19H43IN6. The SMILES string of the molecule is CCNC(=NCC1CN(C)CCN1C)NCCCN(C(C)C)C(C)C.I. The van der Waals surface area contributed by atoms with Crippen molar-refractivity contribution in [3.63, 3.8) is 0 Å². The van der Waals surface area contributed by atoms with Crippen LogP contribution in [0.5, 0.6) is 0 Å². The van der Waals surface area contributed by atoms with Crippen LogP contribution in [-0.4, -0.2) is 98.7 Å². The standard InChI is InChI=1S/C19H42N6.HI/c1-8-20-19(21-10-9-11-25(16(2)3)17(4)5)22-14-18-15-23(6)12-13-24(18)7;/h16-18H,8-15H2,1-7H3,(H2,20,21,22);1H. The number of halogens is 1. The number of hydrogen-bond acceptors (Lipinski definition) is 4. The summed E-state index contributed by atoms with van der Waals surface area (Å²) in [6, 6.07) is 1.70. The van der Waals surface area contributed by atoms with Gasteiger partial charge >= 0.3 is 0 Å². The van der Waals surface area contributed by atoms with Crippen LogP contribution in [0.25, 0.3) is 0 Å². The third-order valence-electron chi connectivity index (χ3n) is 5.00. The molecule has 0 aromatic heterocycles. The third kappa shape index (κ3) is 9.71. The van der Waals surface area contributed by atoms with Gasteiger partial charge in [-0.2, -0.15) is 0 Å². The molecule has 0 saturated carbocycles. The molecule has 156 valence electrons. The Balaban J connectivity index is 0.00000625. The Morgan fingerprint density at radius 2 is 1.77 bits per heavy atom. The number of nitrogens with one attached hydrogen (secondary N) is 2. The summed E-state index contributed by atoms with van der Waals surface area (Å²) >= 11 is 0. The van der Waals surface area contributed by atoms with E-state index in [1.165, 1.54) is 0 Å². The van der Waals surface area contributed by atoms with Crippen LogP contribution in [0.2, 0.25) is 0 Å². The third-order valence-corrected chi connectivity index (χ3v) is 5.00. The average molecular weight is 482 g/mol. The van der Waals surface area contributed by atoms with Gasteiger partial charge in [0, 0.05) is 57.4 Å². The summed E-state index contributed by atoms with van der Waals surface area (Å²) in [5, 5.41) is 6.87. The number of rotatable bonds is 9. The molecule has 1 aliphatic heterocycles. The smallest absolute Gasteiger partial charge is 0.191 e. The molecule has 1 saturated heterocycles. The highest BCUT2D eigenvalue weighted by atomic mass is 127. The van der Waals surface area contributed by atoms with E-state index < -0.39 is 0 Å². The summed E-state index contributed by atoms with van der Waals surface area (Å²) < 4.78 is 0. The van der Waals surface area contributed by atoms with Gasteiger partial charge in [0.05, 0.1) is 6.54 Å². The molecule has 0 bridgehead atoms. The summed E-state index contributed by atoms with van der Waals surface area (Å²) in [4.78, 5) is 12.2. The lowest BCUT2D eigenvalue weighted by Crippen LogP contribution is -2.51. The van der Waals surface area contributed by atoms with Gasteiger partial charge in [0.1, 0.15) is 0 Å². The van der Waals surface area contributed by atoms with E-state index in [2.05, 4.69) is 74.0 Å². The first-order valence-corrected chi connectivity index (χ1v) is 10.0. The minimum absolute atomic E-state index is 0. The first-order chi connectivity index (χ1) is 11.8. The highest BCUT2D eigenvalue weighted by molar-refractivity contribution is 14.0. The lowest BCUT2D eigenvalue weighted by atomic mass is 10.2. The number of guanidine groups is 1. The van der Waals surface area contributed by atoms with Crippen LogP contribution in [0, 0.1) is 0 Å². The summed E-state index contributed by atoms with van der Waals surface area (Å²) in [6.45, 7) is 18.4. The van der Waals surface area contributed by atoms with Gasteiger partial charge in [-0.25, -0.2) is 0 Å². The minimum Gasteiger partial charge on any atom is -0.357 e. The second-order valence-corrected chi connectivity index (χ2v) is 7.82. The Hall–Kier alpha value is -0.120. The van der Waals surface area contributed by atoms with Gasteiger partial charge < -0.3 is 15.5 Å². The molecular weight excluding hydrogens is 439 g/mol. The fourth-order valence-electron chi connectivity index (χ4n) is 3.42. The molecule has 6 nitrogen and oxygen atoms in total. The zero-order chi connectivity index (χ0) is 18.8. The van der Waals surface area contributed by atoms with Crippen LogP contribution < -0.4 is 10.6 Å². The maximum Gasteiger partial charge on any atom is 0.191 e. The van der Waals surface area contributed by atoms with Crippen LogP contribution in [0.4, 0.5) is 0 Å². The first kappa shape index (κ1) is 25.9. The van der Waals surface area contributed by atoms with Crippen LogP contribution in [0.3, 0.4) is 0 Å². The van der Waals surface area contributed by atoms with Gasteiger partial charge in [-0.05, 0) is 55.1 Å². The van der Waals surface area contributed by atoms with Crippen molar-refractivity contribution in [2.45, 2.75) is 59.2 Å². The number of nitrogens with zero attached hydrogens (tertiary/aromatic N) is 4. The Kier molecular flexibility index (Phi) is 13.9. The Morgan fingerprint density at radius 3 is 2.35 bits per heavy atom. The summed E-state index contributed by atoms with van der Waals surface area (Å²) in [5.74, 6) is 0.949. The summed E-state index contributed by atoms with van der Waals surface area (Å²) in [5.41, 5.74) is 0. The van der Waals surface area contributed by atoms with E-state index in [1.807, 2.05) is 0 Å². The zero-order valence-corrected chi connectivity index (χ0v) is 20.4. The fraction of sp³-hybridized carbons (Fsp3) is 0.947. The normalized spacial score (nSPS) is 19.9. The molecule has 1 heterocycles. The number of piperazine rings is 1. The molecule has 1 atom stereocenters. The topological polar surface area (TPSA) is 46.1 Å². The molecule has 0 radical (unpaired) electrons. The summed E-state index contributed by atoms with van der Waals surface area (Å²) in [6.07, 6.45) is 1.13. The molecule has 0 amide bonds. The molecule has 1 rings (SSSR count). The second kappa shape index (κ2) is 14.0. The molecule has 0 aromatic carbocycles. The predicted octanol–water partition coefficient (Wildman–Crippen LogP) is 1.91. The average Bonchev–Trinajstić information content (AvgIpc) is 2.54. The van der Waals surface area contributed by atoms with Crippen LogP contribution in [0.15, 0.2) is 4.99 Å². The molecule has 2 N–H and O–H groups in total. The van der Waals surface area contributed by atoms with E-state index in [4.69, 9.17) is 4.99 Å². The monoisotopic (exact) mass is 482 g/mol. The fourth-order valence-corrected chi connectivity index (χ4v) is 3.42.